The second-order valence-corrected chi connectivity index (χ2v) is 6.50. The normalized spacial score (nSPS) is 22.6. The van der Waals surface area contributed by atoms with Crippen molar-refractivity contribution in [1.29, 1.82) is 0 Å². The quantitative estimate of drug-likeness (QED) is 0.758. The molecule has 1 aliphatic rings. The fraction of sp³-hybridized carbons (Fsp3) is 0.350. The fourth-order valence-electron chi connectivity index (χ4n) is 3.48. The molecular weight excluding hydrogens is 305 g/mol. The van der Waals surface area contributed by atoms with E-state index < -0.39 is 11.7 Å². The van der Waals surface area contributed by atoms with Gasteiger partial charge in [-0.05, 0) is 62.3 Å². The summed E-state index contributed by atoms with van der Waals surface area (Å²) >= 11 is 0. The summed E-state index contributed by atoms with van der Waals surface area (Å²) in [5.74, 6) is -0.277. The van der Waals surface area contributed by atoms with Crippen LogP contribution < -0.4 is 0 Å². The summed E-state index contributed by atoms with van der Waals surface area (Å²) in [4.78, 5) is 13.7. The van der Waals surface area contributed by atoms with Crippen LogP contribution in [0.15, 0.2) is 48.5 Å². The number of ether oxygens (including phenoxy) is 1. The molecule has 0 bridgehead atoms. The molecule has 0 N–H and O–H groups in total. The number of rotatable bonds is 6. The standard InChI is InChI=1S/C20H22FNO2/c1-22(2)13-5-12-20(15-8-10-16(21)11-9-15)18-7-4-3-6-17(18)19(14-23)24-20/h3-4,6-11,14,19H,5,12-13H2,1-2H3. The van der Waals surface area contributed by atoms with Crippen molar-refractivity contribution in [2.24, 2.45) is 0 Å². The molecule has 2 aromatic carbocycles. The number of aldehydes is 1. The van der Waals surface area contributed by atoms with Crippen LogP contribution in [-0.4, -0.2) is 31.8 Å². The van der Waals surface area contributed by atoms with E-state index in [0.29, 0.717) is 0 Å². The Morgan fingerprint density at radius 3 is 2.54 bits per heavy atom. The van der Waals surface area contributed by atoms with Gasteiger partial charge in [-0.3, -0.25) is 0 Å². The zero-order valence-corrected chi connectivity index (χ0v) is 14.0. The molecule has 1 heterocycles. The van der Waals surface area contributed by atoms with Crippen molar-refractivity contribution in [1.82, 2.24) is 4.90 Å². The van der Waals surface area contributed by atoms with Gasteiger partial charge in [-0.25, -0.2) is 4.39 Å². The van der Waals surface area contributed by atoms with Crippen LogP contribution in [0.1, 0.15) is 35.6 Å². The average molecular weight is 327 g/mol. The minimum Gasteiger partial charge on any atom is -0.350 e. The average Bonchev–Trinajstić information content (AvgIpc) is 2.90. The Morgan fingerprint density at radius 2 is 1.88 bits per heavy atom. The van der Waals surface area contributed by atoms with E-state index >= 15 is 0 Å². The summed E-state index contributed by atoms with van der Waals surface area (Å²) in [7, 11) is 4.06. The third-order valence-corrected chi connectivity index (χ3v) is 4.60. The van der Waals surface area contributed by atoms with Crippen LogP contribution in [0.2, 0.25) is 0 Å². The zero-order valence-electron chi connectivity index (χ0n) is 14.0. The highest BCUT2D eigenvalue weighted by atomic mass is 19.1. The number of halogens is 1. The van der Waals surface area contributed by atoms with Crippen LogP contribution >= 0.6 is 0 Å². The number of benzene rings is 2. The Morgan fingerprint density at radius 1 is 1.17 bits per heavy atom. The van der Waals surface area contributed by atoms with E-state index in [1.165, 1.54) is 12.1 Å². The molecule has 2 unspecified atom stereocenters. The lowest BCUT2D eigenvalue weighted by Crippen LogP contribution is -2.29. The summed E-state index contributed by atoms with van der Waals surface area (Å²) in [5, 5.41) is 0. The number of carbonyl (C=O) groups is 1. The lowest BCUT2D eigenvalue weighted by atomic mass is 9.81. The molecule has 3 nitrogen and oxygen atoms in total. The first-order valence-electron chi connectivity index (χ1n) is 8.20. The maximum atomic E-state index is 13.4. The maximum absolute atomic E-state index is 13.4. The fourth-order valence-corrected chi connectivity index (χ4v) is 3.48. The van der Waals surface area contributed by atoms with Gasteiger partial charge < -0.3 is 14.4 Å². The predicted octanol–water partition coefficient (Wildman–Crippen LogP) is 3.68. The van der Waals surface area contributed by atoms with Gasteiger partial charge >= 0.3 is 0 Å². The van der Waals surface area contributed by atoms with E-state index in [4.69, 9.17) is 4.74 Å². The predicted molar refractivity (Wildman–Crippen MR) is 91.3 cm³/mol. The second-order valence-electron chi connectivity index (χ2n) is 6.50. The Balaban J connectivity index is 2.06. The van der Waals surface area contributed by atoms with E-state index in [1.807, 2.05) is 38.4 Å². The molecule has 0 saturated carbocycles. The van der Waals surface area contributed by atoms with Crippen LogP contribution in [0, 0.1) is 5.82 Å². The van der Waals surface area contributed by atoms with Gasteiger partial charge in [0.2, 0.25) is 0 Å². The third-order valence-electron chi connectivity index (χ3n) is 4.60. The summed E-state index contributed by atoms with van der Waals surface area (Å²) in [6.07, 6.45) is 1.91. The van der Waals surface area contributed by atoms with Crippen molar-refractivity contribution in [3.05, 3.63) is 71.0 Å². The molecule has 0 spiro atoms. The highest BCUT2D eigenvalue weighted by Crippen LogP contribution is 2.49. The highest BCUT2D eigenvalue weighted by molar-refractivity contribution is 5.65. The molecule has 126 valence electrons. The molecule has 3 rings (SSSR count). The van der Waals surface area contributed by atoms with Crippen LogP contribution in [0.3, 0.4) is 0 Å². The Hall–Kier alpha value is -2.04. The third kappa shape index (κ3) is 2.99. The molecule has 0 amide bonds. The SMILES string of the molecule is CN(C)CCCC1(c2ccc(F)cc2)OC(C=O)c2ccccc21. The topological polar surface area (TPSA) is 29.5 Å². The lowest BCUT2D eigenvalue weighted by molar-refractivity contribution is -0.126. The molecule has 0 radical (unpaired) electrons. The molecule has 0 aromatic heterocycles. The van der Waals surface area contributed by atoms with Gasteiger partial charge in [-0.15, -0.1) is 0 Å². The van der Waals surface area contributed by atoms with Gasteiger partial charge in [-0.2, -0.15) is 0 Å². The van der Waals surface area contributed by atoms with Gasteiger partial charge in [0, 0.05) is 0 Å². The molecule has 1 aliphatic heterocycles. The Kier molecular flexibility index (Phi) is 4.78. The molecule has 2 atom stereocenters. The molecule has 0 aliphatic carbocycles. The van der Waals surface area contributed by atoms with Gasteiger partial charge in [-0.1, -0.05) is 36.4 Å². The van der Waals surface area contributed by atoms with Gasteiger partial charge in [0.05, 0.1) is 0 Å². The summed E-state index contributed by atoms with van der Waals surface area (Å²) < 4.78 is 19.7. The minimum absolute atomic E-state index is 0.277. The van der Waals surface area contributed by atoms with Crippen molar-refractivity contribution in [2.45, 2.75) is 24.5 Å². The van der Waals surface area contributed by atoms with Crippen molar-refractivity contribution < 1.29 is 13.9 Å². The van der Waals surface area contributed by atoms with Crippen LogP contribution in [0.5, 0.6) is 0 Å². The van der Waals surface area contributed by atoms with Gasteiger partial charge in [0.25, 0.3) is 0 Å². The smallest absolute Gasteiger partial charge is 0.153 e. The minimum atomic E-state index is -0.703. The summed E-state index contributed by atoms with van der Waals surface area (Å²) in [5.41, 5.74) is 2.10. The first-order valence-corrected chi connectivity index (χ1v) is 8.20. The number of hydrogen-bond acceptors (Lipinski definition) is 3. The highest BCUT2D eigenvalue weighted by Gasteiger charge is 2.45. The maximum Gasteiger partial charge on any atom is 0.153 e. The van der Waals surface area contributed by atoms with Crippen LogP contribution in [-0.2, 0) is 15.1 Å². The molecule has 0 saturated heterocycles. The molecule has 4 heteroatoms. The second kappa shape index (κ2) is 6.83. The van der Waals surface area contributed by atoms with Crippen molar-refractivity contribution in [2.75, 3.05) is 20.6 Å². The summed E-state index contributed by atoms with van der Waals surface area (Å²) in [6.45, 7) is 0.917. The molecule has 0 fully saturated rings. The summed E-state index contributed by atoms with van der Waals surface area (Å²) in [6, 6.07) is 14.2. The van der Waals surface area contributed by atoms with Gasteiger partial charge in [0.1, 0.15) is 17.5 Å². The number of carbonyl (C=O) groups excluding carboxylic acids is 1. The zero-order chi connectivity index (χ0) is 17.2. The van der Waals surface area contributed by atoms with E-state index in [0.717, 1.165) is 42.4 Å². The van der Waals surface area contributed by atoms with Crippen molar-refractivity contribution in [3.63, 3.8) is 0 Å². The van der Waals surface area contributed by atoms with Crippen molar-refractivity contribution in [3.8, 4) is 0 Å². The number of hydrogen-bond donors (Lipinski definition) is 0. The first-order chi connectivity index (χ1) is 11.6. The number of fused-ring (bicyclic) bond motifs is 1. The largest absolute Gasteiger partial charge is 0.350 e. The molecular formula is C20H22FNO2. The van der Waals surface area contributed by atoms with Crippen LogP contribution in [0.25, 0.3) is 0 Å². The number of nitrogens with zero attached hydrogens (tertiary/aromatic N) is 1. The van der Waals surface area contributed by atoms with Crippen molar-refractivity contribution >= 4 is 6.29 Å². The lowest BCUT2D eigenvalue weighted by Gasteiger charge is -2.31. The Labute approximate surface area is 142 Å². The van der Waals surface area contributed by atoms with E-state index in [2.05, 4.69) is 4.90 Å². The van der Waals surface area contributed by atoms with E-state index in [-0.39, 0.29) is 5.82 Å². The van der Waals surface area contributed by atoms with E-state index in [9.17, 15) is 9.18 Å². The Bertz CT molecular complexity index is 714. The van der Waals surface area contributed by atoms with Crippen LogP contribution in [0.4, 0.5) is 4.39 Å². The molecule has 2 aromatic rings. The molecule has 24 heavy (non-hydrogen) atoms. The monoisotopic (exact) mass is 327 g/mol. The van der Waals surface area contributed by atoms with E-state index in [1.54, 1.807) is 12.1 Å². The first kappa shape index (κ1) is 16.8. The van der Waals surface area contributed by atoms with Gasteiger partial charge in [0.15, 0.2) is 6.29 Å².